The lowest BCUT2D eigenvalue weighted by Crippen LogP contribution is -2.40. The molecule has 1 aliphatic rings. The van der Waals surface area contributed by atoms with Crippen molar-refractivity contribution in [1.82, 2.24) is 4.90 Å². The maximum atomic E-state index is 13.4. The van der Waals surface area contributed by atoms with Crippen molar-refractivity contribution in [2.24, 2.45) is 5.92 Å². The largest absolute Gasteiger partial charge is 0.494 e. The van der Waals surface area contributed by atoms with E-state index >= 15 is 0 Å². The van der Waals surface area contributed by atoms with E-state index in [1.807, 2.05) is 24.3 Å². The van der Waals surface area contributed by atoms with E-state index in [9.17, 15) is 13.2 Å². The Hall–Kier alpha value is -2.54. The van der Waals surface area contributed by atoms with Gasteiger partial charge in [-0.25, -0.2) is 8.42 Å². The van der Waals surface area contributed by atoms with E-state index < -0.39 is 9.84 Å². The molecule has 1 saturated heterocycles. The summed E-state index contributed by atoms with van der Waals surface area (Å²) in [7, 11) is -3.12. The van der Waals surface area contributed by atoms with Gasteiger partial charge in [0.15, 0.2) is 9.84 Å². The Bertz CT molecular complexity index is 984. The molecule has 0 unspecified atom stereocenters. The molecular formula is C25H33NO5S. The summed E-state index contributed by atoms with van der Waals surface area (Å²) in [5, 5.41) is 0. The minimum absolute atomic E-state index is 0.00597. The molecule has 2 aromatic carbocycles. The van der Waals surface area contributed by atoms with Gasteiger partial charge in [0.2, 0.25) is 0 Å². The van der Waals surface area contributed by atoms with Gasteiger partial charge in [-0.1, -0.05) is 32.9 Å². The highest BCUT2D eigenvalue weighted by molar-refractivity contribution is 7.91. The summed E-state index contributed by atoms with van der Waals surface area (Å²) in [6.45, 7) is 7.81. The zero-order valence-corrected chi connectivity index (χ0v) is 19.9. The third kappa shape index (κ3) is 6.73. The van der Waals surface area contributed by atoms with Crippen molar-refractivity contribution < 1.29 is 22.7 Å². The van der Waals surface area contributed by atoms with Crippen LogP contribution in [0.5, 0.6) is 11.5 Å². The second-order valence-electron chi connectivity index (χ2n) is 8.71. The van der Waals surface area contributed by atoms with Gasteiger partial charge in [0.25, 0.3) is 5.91 Å². The minimum atomic E-state index is -3.12. The van der Waals surface area contributed by atoms with Crippen LogP contribution < -0.4 is 9.47 Å². The first-order chi connectivity index (χ1) is 15.3. The molecule has 174 valence electrons. The number of rotatable bonds is 10. The number of sulfone groups is 1. The van der Waals surface area contributed by atoms with Gasteiger partial charge in [-0.15, -0.1) is 0 Å². The second kappa shape index (κ2) is 10.9. The predicted molar refractivity (Wildman–Crippen MR) is 126 cm³/mol. The molecule has 1 aliphatic heterocycles. The van der Waals surface area contributed by atoms with E-state index in [0.717, 1.165) is 17.7 Å². The molecule has 1 atom stereocenters. The Morgan fingerprint density at radius 1 is 1.03 bits per heavy atom. The van der Waals surface area contributed by atoms with Crippen LogP contribution in [0.25, 0.3) is 0 Å². The zero-order chi connectivity index (χ0) is 23.1. The number of hydrogen-bond donors (Lipinski definition) is 0. The Morgan fingerprint density at radius 3 is 2.22 bits per heavy atom. The van der Waals surface area contributed by atoms with E-state index in [-0.39, 0.29) is 23.5 Å². The van der Waals surface area contributed by atoms with Crippen LogP contribution in [0.1, 0.15) is 49.5 Å². The maximum absolute atomic E-state index is 13.4. The molecule has 1 amide bonds. The van der Waals surface area contributed by atoms with Crippen LogP contribution >= 0.6 is 0 Å². The standard InChI is InChI=1S/C25H33NO5S/c1-4-14-30-23-9-5-20(6-10-23)16-26(22-13-15-32(28,29)18-22)25(27)21-7-11-24(12-8-21)31-17-19(2)3/h5-12,19,22H,4,13-18H2,1-3H3/t22-/m0/s1. The van der Waals surface area contributed by atoms with Crippen molar-refractivity contribution in [3.63, 3.8) is 0 Å². The summed E-state index contributed by atoms with van der Waals surface area (Å²) in [4.78, 5) is 15.1. The fourth-order valence-corrected chi connectivity index (χ4v) is 5.35. The van der Waals surface area contributed by atoms with E-state index in [2.05, 4.69) is 20.8 Å². The molecule has 1 fully saturated rings. The lowest BCUT2D eigenvalue weighted by Gasteiger charge is -2.28. The fourth-order valence-electron chi connectivity index (χ4n) is 3.62. The van der Waals surface area contributed by atoms with Gasteiger partial charge in [-0.3, -0.25) is 4.79 Å². The summed E-state index contributed by atoms with van der Waals surface area (Å²) >= 11 is 0. The number of carbonyl (C=O) groups excluding carboxylic acids is 1. The van der Waals surface area contributed by atoms with Gasteiger partial charge in [0, 0.05) is 18.2 Å². The molecule has 32 heavy (non-hydrogen) atoms. The third-order valence-corrected chi connectivity index (χ3v) is 7.09. The van der Waals surface area contributed by atoms with Crippen molar-refractivity contribution in [2.45, 2.75) is 46.2 Å². The lowest BCUT2D eigenvalue weighted by molar-refractivity contribution is 0.0681. The van der Waals surface area contributed by atoms with Crippen molar-refractivity contribution in [2.75, 3.05) is 24.7 Å². The van der Waals surface area contributed by atoms with Crippen LogP contribution in [0.2, 0.25) is 0 Å². The SMILES string of the molecule is CCCOc1ccc(CN(C(=O)c2ccc(OCC(C)C)cc2)[C@H]2CCS(=O)(=O)C2)cc1. The third-order valence-electron chi connectivity index (χ3n) is 5.34. The molecular weight excluding hydrogens is 426 g/mol. The molecule has 7 heteroatoms. The van der Waals surface area contributed by atoms with Crippen LogP contribution in [-0.2, 0) is 16.4 Å². The Labute approximate surface area is 191 Å². The van der Waals surface area contributed by atoms with Crippen molar-refractivity contribution in [3.05, 3.63) is 59.7 Å². The zero-order valence-electron chi connectivity index (χ0n) is 19.1. The first-order valence-corrected chi connectivity index (χ1v) is 13.1. The molecule has 1 heterocycles. The Balaban J connectivity index is 1.77. The summed E-state index contributed by atoms with van der Waals surface area (Å²) in [5.41, 5.74) is 1.46. The maximum Gasteiger partial charge on any atom is 0.254 e. The summed E-state index contributed by atoms with van der Waals surface area (Å²) in [5.74, 6) is 1.87. The van der Waals surface area contributed by atoms with Gasteiger partial charge < -0.3 is 14.4 Å². The second-order valence-corrected chi connectivity index (χ2v) is 10.9. The fraction of sp³-hybridized carbons (Fsp3) is 0.480. The first-order valence-electron chi connectivity index (χ1n) is 11.2. The van der Waals surface area contributed by atoms with Gasteiger partial charge >= 0.3 is 0 Å². The molecule has 0 radical (unpaired) electrons. The van der Waals surface area contributed by atoms with Gasteiger partial charge in [-0.2, -0.15) is 0 Å². The van der Waals surface area contributed by atoms with Crippen molar-refractivity contribution in [1.29, 1.82) is 0 Å². The molecule has 0 saturated carbocycles. The Kier molecular flexibility index (Phi) is 8.18. The average molecular weight is 460 g/mol. The first kappa shape index (κ1) is 24.1. The topological polar surface area (TPSA) is 72.9 Å². The number of nitrogens with zero attached hydrogens (tertiary/aromatic N) is 1. The molecule has 6 nitrogen and oxygen atoms in total. The van der Waals surface area contributed by atoms with Crippen LogP contribution in [0.4, 0.5) is 0 Å². The quantitative estimate of drug-likeness (QED) is 0.528. The van der Waals surface area contributed by atoms with Gasteiger partial charge in [-0.05, 0) is 60.7 Å². The summed E-state index contributed by atoms with van der Waals surface area (Å²) in [6.07, 6.45) is 1.39. The highest BCUT2D eigenvalue weighted by Crippen LogP contribution is 2.24. The van der Waals surface area contributed by atoms with Crippen LogP contribution in [0, 0.1) is 5.92 Å². The number of hydrogen-bond acceptors (Lipinski definition) is 5. The smallest absolute Gasteiger partial charge is 0.254 e. The lowest BCUT2D eigenvalue weighted by atomic mass is 10.1. The summed E-state index contributed by atoms with van der Waals surface area (Å²) in [6, 6.07) is 14.4. The van der Waals surface area contributed by atoms with Gasteiger partial charge in [0.1, 0.15) is 11.5 Å². The number of ether oxygens (including phenoxy) is 2. The molecule has 0 aromatic heterocycles. The number of benzene rings is 2. The van der Waals surface area contributed by atoms with E-state index in [1.165, 1.54) is 0 Å². The number of amides is 1. The normalized spacial score (nSPS) is 17.3. The molecule has 0 N–H and O–H groups in total. The average Bonchev–Trinajstić information content (AvgIpc) is 3.14. The predicted octanol–water partition coefficient (Wildman–Crippen LogP) is 4.34. The monoisotopic (exact) mass is 459 g/mol. The molecule has 0 aliphatic carbocycles. The summed E-state index contributed by atoms with van der Waals surface area (Å²) < 4.78 is 35.5. The van der Waals surface area contributed by atoms with Gasteiger partial charge in [0.05, 0.1) is 24.7 Å². The van der Waals surface area contributed by atoms with Crippen molar-refractivity contribution in [3.8, 4) is 11.5 Å². The van der Waals surface area contributed by atoms with Crippen LogP contribution in [0.15, 0.2) is 48.5 Å². The molecule has 0 bridgehead atoms. The Morgan fingerprint density at radius 2 is 1.66 bits per heavy atom. The van der Waals surface area contributed by atoms with Crippen LogP contribution in [0.3, 0.4) is 0 Å². The van der Waals surface area contributed by atoms with Crippen LogP contribution in [-0.4, -0.2) is 50.0 Å². The minimum Gasteiger partial charge on any atom is -0.494 e. The van der Waals surface area contributed by atoms with E-state index in [1.54, 1.807) is 29.2 Å². The van der Waals surface area contributed by atoms with E-state index in [4.69, 9.17) is 9.47 Å². The molecule has 0 spiro atoms. The highest BCUT2D eigenvalue weighted by atomic mass is 32.2. The van der Waals surface area contributed by atoms with Crippen molar-refractivity contribution >= 4 is 15.7 Å². The molecule has 3 rings (SSSR count). The molecule has 2 aromatic rings. The number of carbonyl (C=O) groups is 1. The van der Waals surface area contributed by atoms with E-state index in [0.29, 0.717) is 43.4 Å². The highest BCUT2D eigenvalue weighted by Gasteiger charge is 2.35.